The molecule has 6 aromatic carbocycles. The Kier molecular flexibility index (Phi) is 4.42. The van der Waals surface area contributed by atoms with Gasteiger partial charge in [-0.25, -0.2) is 0 Å². The van der Waals surface area contributed by atoms with Crippen molar-refractivity contribution in [3.8, 4) is 0 Å². The van der Waals surface area contributed by atoms with E-state index in [9.17, 15) is 0 Å². The number of hydrogen-bond acceptors (Lipinski definition) is 3. The van der Waals surface area contributed by atoms with Crippen LogP contribution in [0.4, 0.5) is 17.1 Å². The van der Waals surface area contributed by atoms with Gasteiger partial charge < -0.3 is 9.32 Å². The smallest absolute Gasteiger partial charge is 0.137 e. The third-order valence-electron chi connectivity index (χ3n) is 7.24. The molecule has 0 saturated carbocycles. The van der Waals surface area contributed by atoms with Gasteiger partial charge in [-0.3, -0.25) is 0 Å². The summed E-state index contributed by atoms with van der Waals surface area (Å²) in [5.41, 5.74) is 5.13. The first-order valence-corrected chi connectivity index (χ1v) is 13.3. The summed E-state index contributed by atoms with van der Waals surface area (Å²) in [6, 6.07) is 45.3. The predicted octanol–water partition coefficient (Wildman–Crippen LogP) is 10.6. The van der Waals surface area contributed by atoms with E-state index in [2.05, 4.69) is 132 Å². The Labute approximate surface area is 217 Å². The highest BCUT2D eigenvalue weighted by Gasteiger charge is 2.17. The van der Waals surface area contributed by atoms with Crippen LogP contribution in [0, 0.1) is 0 Å². The Morgan fingerprint density at radius 2 is 1.19 bits per heavy atom. The van der Waals surface area contributed by atoms with Crippen molar-refractivity contribution in [1.82, 2.24) is 0 Å². The van der Waals surface area contributed by atoms with E-state index in [4.69, 9.17) is 4.42 Å². The van der Waals surface area contributed by atoms with E-state index in [1.165, 1.54) is 36.3 Å². The molecule has 0 aliphatic heterocycles. The average molecular weight is 492 g/mol. The van der Waals surface area contributed by atoms with Crippen LogP contribution in [-0.2, 0) is 0 Å². The lowest BCUT2D eigenvalue weighted by atomic mass is 10.0. The maximum atomic E-state index is 6.41. The molecule has 2 heterocycles. The van der Waals surface area contributed by atoms with Gasteiger partial charge in [-0.15, -0.1) is 11.3 Å². The first-order valence-electron chi connectivity index (χ1n) is 12.4. The highest BCUT2D eigenvalue weighted by atomic mass is 32.1. The van der Waals surface area contributed by atoms with Crippen molar-refractivity contribution in [2.75, 3.05) is 4.90 Å². The minimum Gasteiger partial charge on any atom is -0.456 e. The third kappa shape index (κ3) is 3.18. The van der Waals surface area contributed by atoms with E-state index in [0.717, 1.165) is 33.6 Å². The molecule has 0 bridgehead atoms. The van der Waals surface area contributed by atoms with Gasteiger partial charge >= 0.3 is 0 Å². The van der Waals surface area contributed by atoms with E-state index >= 15 is 0 Å². The summed E-state index contributed by atoms with van der Waals surface area (Å²) >= 11 is 1.85. The van der Waals surface area contributed by atoms with E-state index in [1.54, 1.807) is 0 Å². The Morgan fingerprint density at radius 1 is 0.459 bits per heavy atom. The van der Waals surface area contributed by atoms with Gasteiger partial charge in [0.05, 0.1) is 0 Å². The van der Waals surface area contributed by atoms with Crippen LogP contribution < -0.4 is 4.90 Å². The molecule has 2 nitrogen and oxygen atoms in total. The summed E-state index contributed by atoms with van der Waals surface area (Å²) in [6.45, 7) is 0. The van der Waals surface area contributed by atoms with E-state index in [1.807, 2.05) is 11.3 Å². The summed E-state index contributed by atoms with van der Waals surface area (Å²) < 4.78 is 9.03. The molecular weight excluding hydrogens is 470 g/mol. The largest absolute Gasteiger partial charge is 0.456 e. The minimum atomic E-state index is 0.895. The lowest BCUT2D eigenvalue weighted by Gasteiger charge is -2.25. The first kappa shape index (κ1) is 20.6. The highest BCUT2D eigenvalue weighted by molar-refractivity contribution is 7.25. The highest BCUT2D eigenvalue weighted by Crippen LogP contribution is 2.42. The molecule has 8 rings (SSSR count). The molecule has 2 aromatic heterocycles. The zero-order valence-electron chi connectivity index (χ0n) is 19.9. The van der Waals surface area contributed by atoms with Gasteiger partial charge in [-0.2, -0.15) is 0 Å². The predicted molar refractivity (Wildman–Crippen MR) is 159 cm³/mol. The Hall–Kier alpha value is -4.60. The number of thiophene rings is 1. The topological polar surface area (TPSA) is 16.4 Å². The normalized spacial score (nSPS) is 11.8. The Bertz CT molecular complexity index is 2100. The standard InChI is InChI=1S/C34H21NOS/c1-2-9-23(10-3-1)35(24-16-19-33-29(20-24)27-12-6-7-13-32(27)37-33)25-15-17-28-31(21-25)36-30-18-14-22-8-4-5-11-26(22)34(28)30/h1-21H. The fourth-order valence-corrected chi connectivity index (χ4v) is 6.64. The molecule has 174 valence electrons. The fraction of sp³-hybridized carbons (Fsp3) is 0. The maximum absolute atomic E-state index is 6.41. The summed E-state index contributed by atoms with van der Waals surface area (Å²) in [5.74, 6) is 0. The number of para-hydroxylation sites is 1. The van der Waals surface area contributed by atoms with E-state index in [0.29, 0.717) is 0 Å². The number of fused-ring (bicyclic) bond motifs is 8. The minimum absolute atomic E-state index is 0.895. The van der Waals surface area contributed by atoms with Gasteiger partial charge in [-0.05, 0) is 65.4 Å². The summed E-state index contributed by atoms with van der Waals surface area (Å²) in [5, 5.41) is 7.36. The summed E-state index contributed by atoms with van der Waals surface area (Å²) in [4.78, 5) is 2.32. The Morgan fingerprint density at radius 3 is 2.11 bits per heavy atom. The molecule has 3 heteroatoms. The molecule has 0 radical (unpaired) electrons. The van der Waals surface area contributed by atoms with Gasteiger partial charge in [0.2, 0.25) is 0 Å². The van der Waals surface area contributed by atoms with Crippen LogP contribution in [0.5, 0.6) is 0 Å². The number of anilines is 3. The Balaban J connectivity index is 1.36. The van der Waals surface area contributed by atoms with E-state index < -0.39 is 0 Å². The second kappa shape index (κ2) is 7.95. The van der Waals surface area contributed by atoms with Crippen LogP contribution in [0.25, 0.3) is 52.9 Å². The lowest BCUT2D eigenvalue weighted by Crippen LogP contribution is -2.09. The average Bonchev–Trinajstić information content (AvgIpc) is 3.52. The molecule has 0 fully saturated rings. The van der Waals surface area contributed by atoms with Crippen molar-refractivity contribution in [3.63, 3.8) is 0 Å². The van der Waals surface area contributed by atoms with Gasteiger partial charge in [0, 0.05) is 54.1 Å². The zero-order chi connectivity index (χ0) is 24.3. The molecule has 0 unspecified atom stereocenters. The van der Waals surface area contributed by atoms with Crippen LogP contribution in [0.1, 0.15) is 0 Å². The third-order valence-corrected chi connectivity index (χ3v) is 8.39. The van der Waals surface area contributed by atoms with E-state index in [-0.39, 0.29) is 0 Å². The molecule has 0 atom stereocenters. The molecular formula is C34H21NOS. The molecule has 0 N–H and O–H groups in total. The van der Waals surface area contributed by atoms with Crippen LogP contribution in [0.2, 0.25) is 0 Å². The molecule has 0 saturated heterocycles. The molecule has 37 heavy (non-hydrogen) atoms. The number of rotatable bonds is 3. The summed E-state index contributed by atoms with van der Waals surface area (Å²) in [6.07, 6.45) is 0. The molecule has 0 aliphatic carbocycles. The molecule has 0 aliphatic rings. The van der Waals surface area contributed by atoms with Crippen molar-refractivity contribution >= 4 is 81.3 Å². The number of furan rings is 1. The van der Waals surface area contributed by atoms with Crippen LogP contribution in [0.15, 0.2) is 132 Å². The second-order valence-corrected chi connectivity index (χ2v) is 10.5. The van der Waals surface area contributed by atoms with Crippen molar-refractivity contribution in [3.05, 3.63) is 127 Å². The molecule has 8 aromatic rings. The first-order chi connectivity index (χ1) is 18.3. The van der Waals surface area contributed by atoms with Crippen LogP contribution in [-0.4, -0.2) is 0 Å². The van der Waals surface area contributed by atoms with Crippen molar-refractivity contribution in [2.24, 2.45) is 0 Å². The van der Waals surface area contributed by atoms with Gasteiger partial charge in [0.25, 0.3) is 0 Å². The zero-order valence-corrected chi connectivity index (χ0v) is 20.7. The lowest BCUT2D eigenvalue weighted by molar-refractivity contribution is 0.669. The van der Waals surface area contributed by atoms with Crippen molar-refractivity contribution in [2.45, 2.75) is 0 Å². The van der Waals surface area contributed by atoms with Crippen LogP contribution in [0.3, 0.4) is 0 Å². The summed E-state index contributed by atoms with van der Waals surface area (Å²) in [7, 11) is 0. The van der Waals surface area contributed by atoms with Crippen LogP contribution >= 0.6 is 11.3 Å². The van der Waals surface area contributed by atoms with Gasteiger partial charge in [0.1, 0.15) is 11.2 Å². The second-order valence-electron chi connectivity index (χ2n) is 9.39. The molecule has 0 spiro atoms. The number of nitrogens with zero attached hydrogens (tertiary/aromatic N) is 1. The SMILES string of the molecule is c1ccc(N(c2ccc3c(c2)oc2ccc4ccccc4c23)c2ccc3sc4ccccc4c3c2)cc1. The molecule has 0 amide bonds. The van der Waals surface area contributed by atoms with Crippen molar-refractivity contribution in [1.29, 1.82) is 0 Å². The van der Waals surface area contributed by atoms with Gasteiger partial charge in [0.15, 0.2) is 0 Å². The fourth-order valence-electron chi connectivity index (χ4n) is 5.55. The number of hydrogen-bond donors (Lipinski definition) is 0. The quantitative estimate of drug-likeness (QED) is 0.244. The van der Waals surface area contributed by atoms with Gasteiger partial charge in [-0.1, -0.05) is 66.7 Å². The number of benzene rings is 6. The monoisotopic (exact) mass is 491 g/mol. The maximum Gasteiger partial charge on any atom is 0.137 e. The van der Waals surface area contributed by atoms with Crippen molar-refractivity contribution < 1.29 is 4.42 Å².